The van der Waals surface area contributed by atoms with Gasteiger partial charge in [-0.05, 0) is 30.4 Å². The van der Waals surface area contributed by atoms with E-state index < -0.39 is 11.6 Å². The van der Waals surface area contributed by atoms with Gasteiger partial charge in [0.25, 0.3) is 0 Å². The molecule has 0 unspecified atom stereocenters. The standard InChI is InChI=1S/C14H18O.O2S/c1-11-13(9-5-6-10-14(11)15)12-7-3-2-4-8-12;1-3-2/h2-4,7-9,11,14-15H,5-6,10H2,1H3;/t11-,14-;/m0./s1. The van der Waals surface area contributed by atoms with Gasteiger partial charge in [-0.25, -0.2) is 0 Å². The van der Waals surface area contributed by atoms with Gasteiger partial charge in [0.15, 0.2) is 0 Å². The van der Waals surface area contributed by atoms with Crippen LogP contribution >= 0.6 is 0 Å². The molecule has 1 aromatic carbocycles. The topological polar surface area (TPSA) is 54.4 Å². The quantitative estimate of drug-likeness (QED) is 0.850. The van der Waals surface area contributed by atoms with E-state index in [-0.39, 0.29) is 12.0 Å². The van der Waals surface area contributed by atoms with E-state index in [1.807, 2.05) is 6.07 Å². The first-order chi connectivity index (χ1) is 8.70. The van der Waals surface area contributed by atoms with Crippen LogP contribution in [-0.4, -0.2) is 19.6 Å². The average Bonchev–Trinajstić information content (AvgIpc) is 2.55. The molecule has 0 fully saturated rings. The smallest absolute Gasteiger partial charge is 0.335 e. The third-order valence-electron chi connectivity index (χ3n) is 3.24. The van der Waals surface area contributed by atoms with E-state index in [2.05, 4.69) is 37.3 Å². The Labute approximate surface area is 111 Å². The summed E-state index contributed by atoms with van der Waals surface area (Å²) in [7, 11) is 0. The van der Waals surface area contributed by atoms with Crippen LogP contribution in [0.2, 0.25) is 0 Å². The van der Waals surface area contributed by atoms with Gasteiger partial charge in [0.2, 0.25) is 0 Å². The van der Waals surface area contributed by atoms with Crippen molar-refractivity contribution in [2.45, 2.75) is 32.3 Å². The number of hydrogen-bond donors (Lipinski definition) is 1. The summed E-state index contributed by atoms with van der Waals surface area (Å²) in [6.45, 7) is 2.12. The first kappa shape index (κ1) is 14.8. The Morgan fingerprint density at radius 1 is 1.22 bits per heavy atom. The zero-order chi connectivity index (χ0) is 13.4. The minimum absolute atomic E-state index is 0.182. The molecule has 0 spiro atoms. The van der Waals surface area contributed by atoms with Gasteiger partial charge in [-0.15, -0.1) is 0 Å². The molecule has 1 aliphatic rings. The van der Waals surface area contributed by atoms with E-state index in [0.29, 0.717) is 0 Å². The molecule has 0 radical (unpaired) electrons. The zero-order valence-electron chi connectivity index (χ0n) is 10.4. The molecule has 2 rings (SSSR count). The molecule has 0 saturated carbocycles. The zero-order valence-corrected chi connectivity index (χ0v) is 11.2. The van der Waals surface area contributed by atoms with E-state index >= 15 is 0 Å². The molecule has 1 aromatic rings. The van der Waals surface area contributed by atoms with Crippen LogP contribution in [0.1, 0.15) is 31.7 Å². The molecule has 1 aliphatic carbocycles. The average molecular weight is 266 g/mol. The fourth-order valence-corrected chi connectivity index (χ4v) is 2.24. The Hall–Kier alpha value is -1.26. The number of aliphatic hydroxyl groups excluding tert-OH is 1. The second kappa shape index (κ2) is 7.95. The van der Waals surface area contributed by atoms with Gasteiger partial charge in [-0.3, -0.25) is 0 Å². The van der Waals surface area contributed by atoms with E-state index in [9.17, 15) is 5.11 Å². The monoisotopic (exact) mass is 266 g/mol. The molecule has 0 aromatic heterocycles. The van der Waals surface area contributed by atoms with Crippen molar-refractivity contribution in [1.29, 1.82) is 0 Å². The largest absolute Gasteiger partial charge is 0.393 e. The van der Waals surface area contributed by atoms with Crippen molar-refractivity contribution in [3.05, 3.63) is 42.0 Å². The number of hydrogen-bond acceptors (Lipinski definition) is 3. The highest BCUT2D eigenvalue weighted by Crippen LogP contribution is 2.31. The van der Waals surface area contributed by atoms with Crippen molar-refractivity contribution in [2.75, 3.05) is 0 Å². The second-order valence-corrected chi connectivity index (χ2v) is 4.52. The highest BCUT2D eigenvalue weighted by Gasteiger charge is 2.21. The summed E-state index contributed by atoms with van der Waals surface area (Å²) >= 11 is -0.750. The molecule has 0 saturated heterocycles. The summed E-state index contributed by atoms with van der Waals surface area (Å²) in [5.74, 6) is 0.259. The summed E-state index contributed by atoms with van der Waals surface area (Å²) in [5, 5.41) is 9.95. The van der Waals surface area contributed by atoms with E-state index in [4.69, 9.17) is 8.42 Å². The fraction of sp³-hybridized carbons (Fsp3) is 0.429. The third kappa shape index (κ3) is 4.20. The number of allylic oxidation sites excluding steroid dienone is 1. The molecule has 0 aliphatic heterocycles. The second-order valence-electron chi connectivity index (χ2n) is 4.38. The van der Waals surface area contributed by atoms with Crippen LogP contribution in [0.4, 0.5) is 0 Å². The summed E-state index contributed by atoms with van der Waals surface area (Å²) in [6, 6.07) is 10.4. The maximum absolute atomic E-state index is 9.95. The maximum Gasteiger partial charge on any atom is 0.335 e. The van der Waals surface area contributed by atoms with Gasteiger partial charge in [0.05, 0.1) is 6.10 Å². The highest BCUT2D eigenvalue weighted by molar-refractivity contribution is 7.51. The SMILES string of the molecule is C[C@H]1C(c2ccccc2)=CCCC[C@@H]1O.O=S=O. The molecule has 1 N–H and O–H groups in total. The van der Waals surface area contributed by atoms with Gasteiger partial charge in [-0.1, -0.05) is 43.3 Å². The molecule has 0 heterocycles. The normalized spacial score (nSPS) is 23.1. The van der Waals surface area contributed by atoms with Crippen LogP contribution in [0.5, 0.6) is 0 Å². The molecule has 3 nitrogen and oxygen atoms in total. The molecule has 0 bridgehead atoms. The predicted octanol–water partition coefficient (Wildman–Crippen LogP) is 2.58. The summed E-state index contributed by atoms with van der Waals surface area (Å²) in [4.78, 5) is 0. The van der Waals surface area contributed by atoms with E-state index in [0.717, 1.165) is 19.3 Å². The van der Waals surface area contributed by atoms with Crippen molar-refractivity contribution in [1.82, 2.24) is 0 Å². The molecular weight excluding hydrogens is 248 g/mol. The number of aliphatic hydroxyl groups is 1. The summed E-state index contributed by atoms with van der Waals surface area (Å²) < 4.78 is 16.6. The number of rotatable bonds is 1. The van der Waals surface area contributed by atoms with Gasteiger partial charge in [-0.2, -0.15) is 8.42 Å². The fourth-order valence-electron chi connectivity index (χ4n) is 2.24. The molecular formula is C14H18O3S. The van der Waals surface area contributed by atoms with Crippen LogP contribution in [0, 0.1) is 5.92 Å². The Morgan fingerprint density at radius 3 is 2.44 bits per heavy atom. The molecule has 0 amide bonds. The minimum atomic E-state index is -0.750. The van der Waals surface area contributed by atoms with Crippen LogP contribution in [0.25, 0.3) is 5.57 Å². The van der Waals surface area contributed by atoms with Gasteiger partial charge < -0.3 is 5.11 Å². The van der Waals surface area contributed by atoms with Crippen LogP contribution in [0.3, 0.4) is 0 Å². The Balaban J connectivity index is 0.000000492. The van der Waals surface area contributed by atoms with E-state index in [1.54, 1.807) is 0 Å². The third-order valence-corrected chi connectivity index (χ3v) is 3.24. The molecule has 98 valence electrons. The van der Waals surface area contributed by atoms with Crippen LogP contribution in [-0.2, 0) is 11.6 Å². The lowest BCUT2D eigenvalue weighted by Crippen LogP contribution is -2.17. The molecule has 18 heavy (non-hydrogen) atoms. The van der Waals surface area contributed by atoms with Crippen molar-refractivity contribution >= 4 is 17.1 Å². The van der Waals surface area contributed by atoms with Crippen molar-refractivity contribution in [3.63, 3.8) is 0 Å². The minimum Gasteiger partial charge on any atom is -0.393 e. The van der Waals surface area contributed by atoms with Crippen LogP contribution in [0.15, 0.2) is 36.4 Å². The highest BCUT2D eigenvalue weighted by atomic mass is 32.1. The summed E-state index contributed by atoms with van der Waals surface area (Å²) in [6.07, 6.45) is 5.22. The lowest BCUT2D eigenvalue weighted by Gasteiger charge is -2.19. The first-order valence-corrected chi connectivity index (χ1v) is 6.72. The Morgan fingerprint density at radius 2 is 1.83 bits per heavy atom. The van der Waals surface area contributed by atoms with Gasteiger partial charge in [0.1, 0.15) is 0 Å². The summed E-state index contributed by atoms with van der Waals surface area (Å²) in [5.41, 5.74) is 2.56. The lowest BCUT2D eigenvalue weighted by atomic mass is 9.90. The number of benzene rings is 1. The lowest BCUT2D eigenvalue weighted by molar-refractivity contribution is 0.132. The first-order valence-electron chi connectivity index (χ1n) is 6.06. The van der Waals surface area contributed by atoms with E-state index in [1.165, 1.54) is 11.1 Å². The Bertz CT molecular complexity index is 422. The predicted molar refractivity (Wildman–Crippen MR) is 72.4 cm³/mol. The van der Waals surface area contributed by atoms with Crippen molar-refractivity contribution in [3.8, 4) is 0 Å². The van der Waals surface area contributed by atoms with Gasteiger partial charge >= 0.3 is 11.6 Å². The van der Waals surface area contributed by atoms with Gasteiger partial charge in [0, 0.05) is 5.92 Å². The van der Waals surface area contributed by atoms with Crippen molar-refractivity contribution in [2.24, 2.45) is 5.92 Å². The van der Waals surface area contributed by atoms with Crippen LogP contribution < -0.4 is 0 Å². The Kier molecular flexibility index (Phi) is 6.54. The molecule has 2 atom stereocenters. The molecule has 4 heteroatoms. The van der Waals surface area contributed by atoms with Crippen molar-refractivity contribution < 1.29 is 13.5 Å². The maximum atomic E-state index is 9.95.